The van der Waals surface area contributed by atoms with E-state index in [4.69, 9.17) is 4.74 Å². The van der Waals surface area contributed by atoms with Gasteiger partial charge in [0.05, 0.1) is 13.7 Å². The van der Waals surface area contributed by atoms with E-state index in [2.05, 4.69) is 5.32 Å². The van der Waals surface area contributed by atoms with Gasteiger partial charge in [0.15, 0.2) is 0 Å². The first kappa shape index (κ1) is 19.7. The van der Waals surface area contributed by atoms with Gasteiger partial charge < -0.3 is 14.6 Å². The Morgan fingerprint density at radius 2 is 1.81 bits per heavy atom. The number of aromatic nitrogens is 1. The molecule has 2 amide bonds. The van der Waals surface area contributed by atoms with Gasteiger partial charge in [-0.3, -0.25) is 14.5 Å². The summed E-state index contributed by atoms with van der Waals surface area (Å²) in [5.74, 6) is 0.433. The SMILES string of the molecule is COc1ccc(N2C(=O)c3cc4ccccc4n3C[C@]2(C)C(=O)NC2CCCC2)cc1. The summed E-state index contributed by atoms with van der Waals surface area (Å²) >= 11 is 0. The quantitative estimate of drug-likeness (QED) is 0.694. The fourth-order valence-electron chi connectivity index (χ4n) is 4.99. The molecule has 0 spiro atoms. The van der Waals surface area contributed by atoms with Gasteiger partial charge in [0.2, 0.25) is 5.91 Å². The maximum absolute atomic E-state index is 13.8. The predicted molar refractivity (Wildman–Crippen MR) is 121 cm³/mol. The lowest BCUT2D eigenvalue weighted by Gasteiger charge is -2.44. The Kier molecular flexibility index (Phi) is 4.73. The first-order valence-corrected chi connectivity index (χ1v) is 10.9. The molecule has 1 aliphatic heterocycles. The highest BCUT2D eigenvalue weighted by atomic mass is 16.5. The Morgan fingerprint density at radius 1 is 1.10 bits per heavy atom. The lowest BCUT2D eigenvalue weighted by atomic mass is 9.93. The summed E-state index contributed by atoms with van der Waals surface area (Å²) < 4.78 is 7.27. The van der Waals surface area contributed by atoms with Crippen molar-refractivity contribution >= 4 is 28.4 Å². The minimum absolute atomic E-state index is 0.105. The average Bonchev–Trinajstić information content (AvgIpc) is 3.42. The number of methoxy groups -OCH3 is 1. The minimum Gasteiger partial charge on any atom is -0.497 e. The second-order valence-corrected chi connectivity index (χ2v) is 8.74. The molecule has 2 aliphatic rings. The summed E-state index contributed by atoms with van der Waals surface area (Å²) in [5.41, 5.74) is 1.21. The molecular weight excluding hydrogens is 390 g/mol. The molecule has 0 bridgehead atoms. The van der Waals surface area contributed by atoms with E-state index in [0.717, 1.165) is 36.6 Å². The van der Waals surface area contributed by atoms with E-state index in [1.807, 2.05) is 66.1 Å². The Hall–Kier alpha value is -3.28. The number of fused-ring (bicyclic) bond motifs is 3. The van der Waals surface area contributed by atoms with Crippen LogP contribution in [0.25, 0.3) is 10.9 Å². The molecule has 3 aromatic rings. The number of para-hydroxylation sites is 1. The fourth-order valence-corrected chi connectivity index (χ4v) is 4.99. The van der Waals surface area contributed by atoms with Gasteiger partial charge in [-0.05, 0) is 56.2 Å². The van der Waals surface area contributed by atoms with Gasteiger partial charge in [0.1, 0.15) is 17.0 Å². The second-order valence-electron chi connectivity index (χ2n) is 8.74. The molecule has 1 aliphatic carbocycles. The molecular formula is C25H27N3O3. The van der Waals surface area contributed by atoms with Crippen molar-refractivity contribution in [3.63, 3.8) is 0 Å². The Labute approximate surface area is 181 Å². The van der Waals surface area contributed by atoms with Crippen LogP contribution in [0.15, 0.2) is 54.6 Å². The van der Waals surface area contributed by atoms with Gasteiger partial charge in [0, 0.05) is 22.6 Å². The molecule has 5 rings (SSSR count). The molecule has 1 atom stereocenters. The highest BCUT2D eigenvalue weighted by molar-refractivity contribution is 6.14. The number of hydrogen-bond donors (Lipinski definition) is 1. The maximum atomic E-state index is 13.8. The number of amides is 2. The van der Waals surface area contributed by atoms with Crippen molar-refractivity contribution < 1.29 is 14.3 Å². The normalized spacial score (nSPS) is 21.4. The van der Waals surface area contributed by atoms with Crippen molar-refractivity contribution in [1.29, 1.82) is 0 Å². The molecule has 0 unspecified atom stereocenters. The van der Waals surface area contributed by atoms with Gasteiger partial charge in [-0.1, -0.05) is 31.0 Å². The topological polar surface area (TPSA) is 63.6 Å². The van der Waals surface area contributed by atoms with E-state index in [9.17, 15) is 9.59 Å². The third kappa shape index (κ3) is 3.17. The van der Waals surface area contributed by atoms with Gasteiger partial charge in [-0.15, -0.1) is 0 Å². The van der Waals surface area contributed by atoms with Gasteiger partial charge in [-0.25, -0.2) is 0 Å². The predicted octanol–water partition coefficient (Wildman–Crippen LogP) is 4.13. The van der Waals surface area contributed by atoms with Crippen molar-refractivity contribution in [2.75, 3.05) is 12.0 Å². The molecule has 1 fully saturated rings. The molecule has 6 heteroatoms. The standard InChI is InChI=1S/C25H27N3O3/c1-25(24(30)26-18-8-4-5-9-18)16-27-21-10-6-3-7-17(21)15-22(27)23(29)28(25)19-11-13-20(31-2)14-12-19/h3,6-7,10-15,18H,4-5,8-9,16H2,1-2H3,(H,26,30)/t25-/m1/s1. The monoisotopic (exact) mass is 417 g/mol. The van der Waals surface area contributed by atoms with Gasteiger partial charge >= 0.3 is 0 Å². The highest BCUT2D eigenvalue weighted by Gasteiger charge is 2.49. The summed E-state index contributed by atoms with van der Waals surface area (Å²) in [6.45, 7) is 2.27. The number of nitrogens with zero attached hydrogens (tertiary/aromatic N) is 2. The Morgan fingerprint density at radius 3 is 2.52 bits per heavy atom. The molecule has 1 N–H and O–H groups in total. The van der Waals surface area contributed by atoms with Gasteiger partial charge in [0.25, 0.3) is 5.91 Å². The zero-order valence-corrected chi connectivity index (χ0v) is 17.9. The highest BCUT2D eigenvalue weighted by Crippen LogP contribution is 2.36. The lowest BCUT2D eigenvalue weighted by Crippen LogP contribution is -2.65. The number of ether oxygens (including phenoxy) is 1. The molecule has 2 aromatic carbocycles. The summed E-state index contributed by atoms with van der Waals surface area (Å²) in [6.07, 6.45) is 4.26. The van der Waals surface area contributed by atoms with Crippen LogP contribution >= 0.6 is 0 Å². The summed E-state index contributed by atoms with van der Waals surface area (Å²) in [4.78, 5) is 29.1. The summed E-state index contributed by atoms with van der Waals surface area (Å²) in [5, 5.41) is 4.23. The fraction of sp³-hybridized carbons (Fsp3) is 0.360. The second kappa shape index (κ2) is 7.45. The average molecular weight is 418 g/mol. The van der Waals surface area contributed by atoms with E-state index in [1.54, 1.807) is 12.0 Å². The molecule has 160 valence electrons. The van der Waals surface area contributed by atoms with Crippen LogP contribution in [0.3, 0.4) is 0 Å². The van der Waals surface area contributed by atoms with E-state index < -0.39 is 5.54 Å². The minimum atomic E-state index is -1.05. The van der Waals surface area contributed by atoms with Crippen molar-refractivity contribution in [2.24, 2.45) is 0 Å². The number of rotatable bonds is 4. The molecule has 6 nitrogen and oxygen atoms in total. The molecule has 1 aromatic heterocycles. The van der Waals surface area contributed by atoms with Crippen molar-refractivity contribution in [3.8, 4) is 5.75 Å². The summed E-state index contributed by atoms with van der Waals surface area (Å²) in [7, 11) is 1.61. The van der Waals surface area contributed by atoms with Crippen LogP contribution in [0, 0.1) is 0 Å². The summed E-state index contributed by atoms with van der Waals surface area (Å²) in [6, 6.07) is 17.4. The maximum Gasteiger partial charge on any atom is 0.275 e. The van der Waals surface area contributed by atoms with Crippen LogP contribution in [0.1, 0.15) is 43.1 Å². The zero-order chi connectivity index (χ0) is 21.6. The van der Waals surface area contributed by atoms with E-state index in [-0.39, 0.29) is 17.9 Å². The van der Waals surface area contributed by atoms with Crippen molar-refractivity contribution in [2.45, 2.75) is 50.7 Å². The van der Waals surface area contributed by atoms with Crippen LogP contribution in [0.2, 0.25) is 0 Å². The van der Waals surface area contributed by atoms with Crippen LogP contribution in [0.5, 0.6) is 5.75 Å². The van der Waals surface area contributed by atoms with Crippen molar-refractivity contribution in [3.05, 3.63) is 60.3 Å². The third-order valence-corrected chi connectivity index (χ3v) is 6.70. The largest absolute Gasteiger partial charge is 0.497 e. The molecule has 0 radical (unpaired) electrons. The van der Waals surface area contributed by atoms with Crippen LogP contribution in [-0.2, 0) is 11.3 Å². The number of anilines is 1. The molecule has 31 heavy (non-hydrogen) atoms. The van der Waals surface area contributed by atoms with Crippen LogP contribution < -0.4 is 15.0 Å². The van der Waals surface area contributed by atoms with Crippen molar-refractivity contribution in [1.82, 2.24) is 9.88 Å². The van der Waals surface area contributed by atoms with E-state index in [0.29, 0.717) is 23.7 Å². The number of nitrogens with one attached hydrogen (secondary N) is 1. The van der Waals surface area contributed by atoms with E-state index >= 15 is 0 Å². The third-order valence-electron chi connectivity index (χ3n) is 6.70. The molecule has 1 saturated carbocycles. The van der Waals surface area contributed by atoms with Crippen LogP contribution in [0.4, 0.5) is 5.69 Å². The number of carbonyl (C=O) groups is 2. The zero-order valence-electron chi connectivity index (χ0n) is 17.9. The first-order valence-electron chi connectivity index (χ1n) is 10.9. The first-order chi connectivity index (χ1) is 15.0. The Bertz CT molecular complexity index is 1140. The number of hydrogen-bond acceptors (Lipinski definition) is 3. The molecule has 0 saturated heterocycles. The Balaban J connectivity index is 1.62. The van der Waals surface area contributed by atoms with Gasteiger partial charge in [-0.2, -0.15) is 0 Å². The van der Waals surface area contributed by atoms with E-state index in [1.165, 1.54) is 0 Å². The lowest BCUT2D eigenvalue weighted by molar-refractivity contribution is -0.127. The molecule has 2 heterocycles. The van der Waals surface area contributed by atoms with Crippen LogP contribution in [-0.4, -0.2) is 35.1 Å². The number of carbonyl (C=O) groups excluding carboxylic acids is 2. The smallest absolute Gasteiger partial charge is 0.275 e. The number of benzene rings is 2.